The first-order valence-corrected chi connectivity index (χ1v) is 14.0. The van der Waals surface area contributed by atoms with E-state index < -0.39 is 18.5 Å². The van der Waals surface area contributed by atoms with Crippen LogP contribution in [0, 0.1) is 20.8 Å². The first-order chi connectivity index (χ1) is 19.6. The van der Waals surface area contributed by atoms with E-state index in [2.05, 4.69) is 10.5 Å². The Labute approximate surface area is 249 Å². The third-order valence-electron chi connectivity index (χ3n) is 7.05. The summed E-state index contributed by atoms with van der Waals surface area (Å²) >= 11 is 0. The standard InChI is InChI=1S/C30H42B2N4O6/c1-18-14-23(32(40)31-39)10-12-25(18)19(2)16-35(8)28(37)33-24-11-13-26(27-20(3)34-42-21(27)4)22(15-24)17-36(9)29(38)41-30(5,6)7/h10-15,19,31,39-40H,16-17H2,1-9H3,(H,33,37)/t19-/m0/s1. The maximum atomic E-state index is 13.2. The van der Waals surface area contributed by atoms with Gasteiger partial charge in [-0.1, -0.05) is 41.8 Å². The topological polar surface area (TPSA) is 128 Å². The summed E-state index contributed by atoms with van der Waals surface area (Å²) in [5.74, 6) is 0.689. The van der Waals surface area contributed by atoms with E-state index in [-0.39, 0.29) is 25.9 Å². The van der Waals surface area contributed by atoms with Crippen molar-refractivity contribution in [2.75, 3.05) is 26.0 Å². The maximum Gasteiger partial charge on any atom is 0.410 e. The summed E-state index contributed by atoms with van der Waals surface area (Å²) in [6.07, 6.45) is -0.454. The largest absolute Gasteiger partial charge is 0.458 e. The number of carbonyl (C=O) groups excluding carboxylic acids is 2. The summed E-state index contributed by atoms with van der Waals surface area (Å²) < 4.78 is 10.9. The van der Waals surface area contributed by atoms with E-state index in [0.717, 1.165) is 33.5 Å². The Hall–Kier alpha value is -3.76. The number of ether oxygens (including phenoxy) is 1. The zero-order valence-electron chi connectivity index (χ0n) is 26.1. The molecule has 0 aliphatic heterocycles. The summed E-state index contributed by atoms with van der Waals surface area (Å²) in [5.41, 5.74) is 5.88. The Balaban J connectivity index is 1.80. The molecule has 3 aromatic rings. The van der Waals surface area contributed by atoms with Gasteiger partial charge in [-0.2, -0.15) is 0 Å². The van der Waals surface area contributed by atoms with Crippen LogP contribution in [0.25, 0.3) is 11.1 Å². The lowest BCUT2D eigenvalue weighted by atomic mass is 9.39. The van der Waals surface area contributed by atoms with Crippen molar-refractivity contribution in [2.45, 2.75) is 66.5 Å². The molecule has 1 atom stereocenters. The van der Waals surface area contributed by atoms with Crippen LogP contribution in [-0.4, -0.2) is 77.5 Å². The van der Waals surface area contributed by atoms with Crippen LogP contribution in [0.4, 0.5) is 15.3 Å². The summed E-state index contributed by atoms with van der Waals surface area (Å²) in [6, 6.07) is 10.9. The number of aryl methyl sites for hydroxylation is 3. The van der Waals surface area contributed by atoms with Crippen molar-refractivity contribution in [1.82, 2.24) is 15.0 Å². The minimum atomic E-state index is -0.917. The Morgan fingerprint density at radius 3 is 2.38 bits per heavy atom. The molecule has 0 aliphatic carbocycles. The lowest BCUT2D eigenvalue weighted by Gasteiger charge is -2.26. The van der Waals surface area contributed by atoms with Crippen molar-refractivity contribution in [2.24, 2.45) is 0 Å². The Morgan fingerprint density at radius 1 is 1.12 bits per heavy atom. The van der Waals surface area contributed by atoms with Crippen molar-refractivity contribution < 1.29 is 28.9 Å². The van der Waals surface area contributed by atoms with Gasteiger partial charge in [0.05, 0.1) is 5.69 Å². The predicted octanol–water partition coefficient (Wildman–Crippen LogP) is 3.93. The number of nitrogens with zero attached hydrogens (tertiary/aromatic N) is 3. The van der Waals surface area contributed by atoms with Crippen LogP contribution in [-0.2, 0) is 11.3 Å². The molecule has 2 aromatic carbocycles. The third-order valence-corrected chi connectivity index (χ3v) is 7.05. The van der Waals surface area contributed by atoms with Gasteiger partial charge < -0.3 is 34.4 Å². The Kier molecular flexibility index (Phi) is 10.5. The molecule has 3 rings (SSSR count). The van der Waals surface area contributed by atoms with E-state index in [4.69, 9.17) is 9.26 Å². The minimum absolute atomic E-state index is 0.0287. The third kappa shape index (κ3) is 8.17. The molecule has 1 heterocycles. The Bertz CT molecular complexity index is 1400. The summed E-state index contributed by atoms with van der Waals surface area (Å²) in [5, 5.41) is 26.2. The van der Waals surface area contributed by atoms with Gasteiger partial charge in [0, 0.05) is 38.4 Å². The van der Waals surface area contributed by atoms with Crippen molar-refractivity contribution >= 4 is 37.5 Å². The number of aromatic nitrogens is 1. The fraction of sp³-hybridized carbons (Fsp3) is 0.433. The molecule has 3 amide bonds. The second-order valence-electron chi connectivity index (χ2n) is 11.9. The number of benzene rings is 2. The lowest BCUT2D eigenvalue weighted by Crippen LogP contribution is -2.37. The van der Waals surface area contributed by atoms with E-state index in [0.29, 0.717) is 23.5 Å². The zero-order chi connectivity index (χ0) is 31.4. The van der Waals surface area contributed by atoms with Gasteiger partial charge in [0.25, 0.3) is 7.37 Å². The number of likely N-dealkylation sites (N-methyl/N-ethyl adjacent to an activating group) is 1. The van der Waals surface area contributed by atoms with Crippen molar-refractivity contribution in [3.05, 3.63) is 64.5 Å². The van der Waals surface area contributed by atoms with Crippen molar-refractivity contribution in [3.8, 4) is 11.1 Å². The molecule has 3 N–H and O–H groups in total. The summed E-state index contributed by atoms with van der Waals surface area (Å²) in [6.45, 7) is 12.9. The average Bonchev–Trinajstić information content (AvgIpc) is 3.24. The Morgan fingerprint density at radius 2 is 1.81 bits per heavy atom. The minimum Gasteiger partial charge on any atom is -0.458 e. The molecular weight excluding hydrogens is 534 g/mol. The van der Waals surface area contributed by atoms with Crippen LogP contribution in [0.5, 0.6) is 0 Å². The predicted molar refractivity (Wildman–Crippen MR) is 167 cm³/mol. The molecule has 0 radical (unpaired) electrons. The molecule has 10 nitrogen and oxygen atoms in total. The van der Waals surface area contributed by atoms with Crippen LogP contribution in [0.1, 0.15) is 61.8 Å². The smallest absolute Gasteiger partial charge is 0.410 e. The normalized spacial score (nSPS) is 12.0. The van der Waals surface area contributed by atoms with E-state index >= 15 is 0 Å². The van der Waals surface area contributed by atoms with Gasteiger partial charge in [-0.05, 0) is 81.8 Å². The molecule has 0 saturated carbocycles. The molecule has 1 aromatic heterocycles. The maximum absolute atomic E-state index is 13.2. The van der Waals surface area contributed by atoms with Crippen molar-refractivity contribution in [1.29, 1.82) is 0 Å². The SMILES string of the molecule is Cc1cc(B(O)BO)ccc1[C@@H](C)CN(C)C(=O)Nc1ccc(-c2c(C)noc2C)c(CN(C)C(=O)OC(C)(C)C)c1. The van der Waals surface area contributed by atoms with Crippen molar-refractivity contribution in [3.63, 3.8) is 0 Å². The number of amides is 3. The summed E-state index contributed by atoms with van der Waals surface area (Å²) in [7, 11) is 3.07. The first kappa shape index (κ1) is 32.8. The van der Waals surface area contributed by atoms with Crippen LogP contribution in [0.2, 0.25) is 0 Å². The molecule has 0 spiro atoms. The zero-order valence-corrected chi connectivity index (χ0v) is 26.1. The molecule has 42 heavy (non-hydrogen) atoms. The first-order valence-electron chi connectivity index (χ1n) is 14.0. The van der Waals surface area contributed by atoms with E-state index in [1.807, 2.05) is 78.8 Å². The highest BCUT2D eigenvalue weighted by atomic mass is 16.6. The van der Waals surface area contributed by atoms with E-state index in [1.54, 1.807) is 25.1 Å². The molecule has 0 bridgehead atoms. The highest BCUT2D eigenvalue weighted by Crippen LogP contribution is 2.33. The van der Waals surface area contributed by atoms with Crippen LogP contribution < -0.4 is 10.8 Å². The number of carbonyl (C=O) groups is 2. The lowest BCUT2D eigenvalue weighted by molar-refractivity contribution is 0.0285. The number of nitrogens with one attached hydrogen (secondary N) is 1. The molecule has 0 saturated heterocycles. The van der Waals surface area contributed by atoms with Gasteiger partial charge >= 0.3 is 18.9 Å². The molecule has 0 aliphatic rings. The van der Waals surface area contributed by atoms with Gasteiger partial charge in [0.1, 0.15) is 11.4 Å². The van der Waals surface area contributed by atoms with Crippen LogP contribution in [0.3, 0.4) is 0 Å². The number of anilines is 1. The van der Waals surface area contributed by atoms with Gasteiger partial charge in [0.15, 0.2) is 0 Å². The fourth-order valence-electron chi connectivity index (χ4n) is 4.95. The van der Waals surface area contributed by atoms with Gasteiger partial charge in [-0.15, -0.1) is 0 Å². The summed E-state index contributed by atoms with van der Waals surface area (Å²) in [4.78, 5) is 29.1. The highest BCUT2D eigenvalue weighted by molar-refractivity contribution is 7.12. The number of hydrogen-bond acceptors (Lipinski definition) is 7. The second kappa shape index (κ2) is 13.5. The number of urea groups is 1. The fourth-order valence-corrected chi connectivity index (χ4v) is 4.95. The number of hydrogen-bond donors (Lipinski definition) is 3. The van der Waals surface area contributed by atoms with Gasteiger partial charge in [-0.25, -0.2) is 9.59 Å². The molecule has 12 heteroatoms. The monoisotopic (exact) mass is 576 g/mol. The molecular formula is C30H42B2N4O6. The van der Waals surface area contributed by atoms with Crippen LogP contribution in [0.15, 0.2) is 40.9 Å². The quantitative estimate of drug-likeness (QED) is 0.330. The van der Waals surface area contributed by atoms with Gasteiger partial charge in [-0.3, -0.25) is 0 Å². The van der Waals surface area contributed by atoms with E-state index in [1.165, 1.54) is 4.90 Å². The second-order valence-corrected chi connectivity index (χ2v) is 11.9. The van der Waals surface area contributed by atoms with Gasteiger partial charge in [0.2, 0.25) is 0 Å². The van der Waals surface area contributed by atoms with Crippen LogP contribution >= 0.6 is 0 Å². The number of rotatable bonds is 9. The highest BCUT2D eigenvalue weighted by Gasteiger charge is 2.23. The molecule has 224 valence electrons. The molecule has 0 unspecified atom stereocenters. The molecule has 0 fully saturated rings. The van der Waals surface area contributed by atoms with E-state index in [9.17, 15) is 19.6 Å². The average molecular weight is 576 g/mol.